The molecule has 24 heavy (non-hydrogen) atoms. The number of pyridine rings is 1. The lowest BCUT2D eigenvalue weighted by atomic mass is 10.0. The number of rotatable bonds is 4. The summed E-state index contributed by atoms with van der Waals surface area (Å²) in [4.78, 5) is 26.8. The van der Waals surface area contributed by atoms with E-state index in [0.717, 1.165) is 0 Å². The number of ether oxygens (including phenoxy) is 1. The van der Waals surface area contributed by atoms with Crippen LogP contribution in [0.25, 0.3) is 0 Å². The molecule has 2 rings (SSSR count). The molecule has 1 fully saturated rings. The van der Waals surface area contributed by atoms with Gasteiger partial charge >= 0.3 is 12.1 Å². The van der Waals surface area contributed by atoms with Crippen molar-refractivity contribution in [2.45, 2.75) is 37.5 Å². The fourth-order valence-electron chi connectivity index (χ4n) is 2.28. The molecule has 1 aromatic rings. The van der Waals surface area contributed by atoms with Gasteiger partial charge in [-0.05, 0) is 31.7 Å². The van der Waals surface area contributed by atoms with Crippen LogP contribution in [0.3, 0.4) is 0 Å². The summed E-state index contributed by atoms with van der Waals surface area (Å²) >= 11 is 5.64. The molecule has 0 atom stereocenters. The minimum atomic E-state index is -4.61. The minimum absolute atomic E-state index is 0.264. The summed E-state index contributed by atoms with van der Waals surface area (Å²) in [6.45, 7) is -0.708. The predicted molar refractivity (Wildman–Crippen MR) is 77.3 cm³/mol. The largest absolute Gasteiger partial charge is 0.453 e. The Hall–Kier alpha value is -1.87. The van der Waals surface area contributed by atoms with Crippen molar-refractivity contribution in [1.82, 2.24) is 4.98 Å². The van der Waals surface area contributed by atoms with E-state index in [1.54, 1.807) is 0 Å². The zero-order chi connectivity index (χ0) is 18.0. The van der Waals surface area contributed by atoms with Gasteiger partial charge in [-0.1, -0.05) is 11.6 Å². The second kappa shape index (κ2) is 6.94. The third-order valence-corrected chi connectivity index (χ3v) is 3.86. The summed E-state index contributed by atoms with van der Waals surface area (Å²) in [6, 6.07) is 0.622. The zero-order valence-corrected chi connectivity index (χ0v) is 13.1. The van der Waals surface area contributed by atoms with Gasteiger partial charge < -0.3 is 15.2 Å². The first kappa shape index (κ1) is 18.5. The fraction of sp³-hybridized carbons (Fsp3) is 0.500. The number of nitrogens with zero attached hydrogens (tertiary/aromatic N) is 1. The molecule has 2 N–H and O–H groups in total. The normalized spacial score (nSPS) is 16.7. The molecule has 0 aliphatic heterocycles. The highest BCUT2D eigenvalue weighted by molar-refractivity contribution is 6.33. The summed E-state index contributed by atoms with van der Waals surface area (Å²) in [5, 5.41) is 11.7. The number of halogens is 4. The summed E-state index contributed by atoms with van der Waals surface area (Å²) in [6.07, 6.45) is -2.19. The number of esters is 1. The van der Waals surface area contributed by atoms with Crippen molar-refractivity contribution in [2.24, 2.45) is 0 Å². The SMILES string of the molecule is O=C(COC(=O)C1(O)CCCC1)Nc1ncc(C(F)(F)F)cc1Cl. The summed E-state index contributed by atoms with van der Waals surface area (Å²) in [7, 11) is 0. The lowest BCUT2D eigenvalue weighted by Gasteiger charge is -2.19. The number of hydrogen-bond acceptors (Lipinski definition) is 5. The van der Waals surface area contributed by atoms with Gasteiger partial charge in [-0.2, -0.15) is 13.2 Å². The van der Waals surface area contributed by atoms with Crippen LogP contribution in [0, 0.1) is 0 Å². The Balaban J connectivity index is 1.92. The molecule has 1 aromatic heterocycles. The average Bonchev–Trinajstić information content (AvgIpc) is 2.94. The van der Waals surface area contributed by atoms with Crippen LogP contribution in [0.2, 0.25) is 5.02 Å². The highest BCUT2D eigenvalue weighted by atomic mass is 35.5. The zero-order valence-electron chi connectivity index (χ0n) is 12.3. The Morgan fingerprint density at radius 3 is 2.54 bits per heavy atom. The molecular weight excluding hydrogens is 353 g/mol. The van der Waals surface area contributed by atoms with E-state index in [0.29, 0.717) is 25.1 Å². The molecule has 6 nitrogen and oxygen atoms in total. The monoisotopic (exact) mass is 366 g/mol. The van der Waals surface area contributed by atoms with Crippen LogP contribution in [0.15, 0.2) is 12.3 Å². The molecule has 0 bridgehead atoms. The van der Waals surface area contributed by atoms with Crippen molar-refractivity contribution >= 4 is 29.3 Å². The quantitative estimate of drug-likeness (QED) is 0.799. The van der Waals surface area contributed by atoms with Gasteiger partial charge in [-0.15, -0.1) is 0 Å². The predicted octanol–water partition coefficient (Wildman–Crippen LogP) is 2.54. The molecule has 0 radical (unpaired) electrons. The molecule has 10 heteroatoms. The van der Waals surface area contributed by atoms with E-state index in [9.17, 15) is 27.9 Å². The molecule has 1 saturated carbocycles. The summed E-state index contributed by atoms with van der Waals surface area (Å²) in [5.74, 6) is -2.02. The lowest BCUT2D eigenvalue weighted by Crippen LogP contribution is -2.38. The van der Waals surface area contributed by atoms with E-state index in [1.807, 2.05) is 0 Å². The fourth-order valence-corrected chi connectivity index (χ4v) is 2.50. The van der Waals surface area contributed by atoms with Crippen LogP contribution in [0.5, 0.6) is 0 Å². The Bertz CT molecular complexity index is 645. The van der Waals surface area contributed by atoms with Crippen LogP contribution < -0.4 is 5.32 Å². The number of carbonyl (C=O) groups is 2. The van der Waals surface area contributed by atoms with Crippen molar-refractivity contribution in [3.05, 3.63) is 22.8 Å². The number of aliphatic hydroxyl groups is 1. The second-order valence-corrected chi connectivity index (χ2v) is 5.82. The number of nitrogens with one attached hydrogen (secondary N) is 1. The Labute approximate surface area is 140 Å². The third kappa shape index (κ3) is 4.35. The van der Waals surface area contributed by atoms with Crippen LogP contribution in [0.1, 0.15) is 31.2 Å². The van der Waals surface area contributed by atoms with E-state index in [4.69, 9.17) is 16.3 Å². The van der Waals surface area contributed by atoms with E-state index in [1.165, 1.54) is 0 Å². The molecule has 0 saturated heterocycles. The lowest BCUT2D eigenvalue weighted by molar-refractivity contribution is -0.166. The number of amides is 1. The number of hydrogen-bond donors (Lipinski definition) is 2. The van der Waals surface area contributed by atoms with Gasteiger partial charge in [0.15, 0.2) is 18.0 Å². The number of aromatic nitrogens is 1. The third-order valence-electron chi connectivity index (χ3n) is 3.57. The molecule has 1 heterocycles. The second-order valence-electron chi connectivity index (χ2n) is 5.42. The van der Waals surface area contributed by atoms with Crippen LogP contribution in [-0.4, -0.2) is 34.2 Å². The molecule has 0 spiro atoms. The Kier molecular flexibility index (Phi) is 5.34. The maximum atomic E-state index is 12.5. The average molecular weight is 367 g/mol. The summed E-state index contributed by atoms with van der Waals surface area (Å²) < 4.78 is 42.2. The van der Waals surface area contributed by atoms with E-state index in [-0.39, 0.29) is 18.7 Å². The first-order valence-electron chi connectivity index (χ1n) is 7.04. The van der Waals surface area contributed by atoms with Gasteiger partial charge in [0.25, 0.3) is 5.91 Å². The van der Waals surface area contributed by atoms with E-state index < -0.39 is 40.8 Å². The first-order valence-corrected chi connectivity index (χ1v) is 7.42. The maximum Gasteiger partial charge on any atom is 0.417 e. The summed E-state index contributed by atoms with van der Waals surface area (Å²) in [5.41, 5.74) is -2.63. The van der Waals surface area contributed by atoms with Gasteiger partial charge in [0.1, 0.15) is 0 Å². The standard InChI is InChI=1S/C14H14ClF3N2O4/c15-9-5-8(14(16,17)18)6-19-11(9)20-10(21)7-24-12(22)13(23)3-1-2-4-13/h5-6,23H,1-4,7H2,(H,19,20,21). The van der Waals surface area contributed by atoms with Crippen LogP contribution in [-0.2, 0) is 20.5 Å². The smallest absolute Gasteiger partial charge is 0.417 e. The molecular formula is C14H14ClF3N2O4. The number of alkyl halides is 3. The van der Waals surface area contributed by atoms with Gasteiger partial charge in [0.05, 0.1) is 10.6 Å². The topological polar surface area (TPSA) is 88.5 Å². The van der Waals surface area contributed by atoms with Crippen molar-refractivity contribution in [2.75, 3.05) is 11.9 Å². The van der Waals surface area contributed by atoms with Crippen molar-refractivity contribution in [1.29, 1.82) is 0 Å². The molecule has 132 valence electrons. The number of anilines is 1. The van der Waals surface area contributed by atoms with Crippen LogP contribution >= 0.6 is 11.6 Å². The molecule has 0 unspecified atom stereocenters. The van der Waals surface area contributed by atoms with Gasteiger partial charge in [0, 0.05) is 6.20 Å². The molecule has 0 aromatic carbocycles. The molecule has 1 aliphatic carbocycles. The van der Waals surface area contributed by atoms with E-state index in [2.05, 4.69) is 10.3 Å². The van der Waals surface area contributed by atoms with Gasteiger partial charge in [-0.25, -0.2) is 9.78 Å². The van der Waals surface area contributed by atoms with Gasteiger partial charge in [-0.3, -0.25) is 4.79 Å². The highest BCUT2D eigenvalue weighted by Crippen LogP contribution is 2.32. The van der Waals surface area contributed by atoms with Crippen molar-refractivity contribution < 1.29 is 32.6 Å². The maximum absolute atomic E-state index is 12.5. The molecule has 1 aliphatic rings. The highest BCUT2D eigenvalue weighted by Gasteiger charge is 2.40. The first-order chi connectivity index (χ1) is 11.1. The van der Waals surface area contributed by atoms with Crippen LogP contribution in [0.4, 0.5) is 19.0 Å². The Morgan fingerprint density at radius 1 is 1.38 bits per heavy atom. The van der Waals surface area contributed by atoms with Crippen molar-refractivity contribution in [3.63, 3.8) is 0 Å². The van der Waals surface area contributed by atoms with E-state index >= 15 is 0 Å². The van der Waals surface area contributed by atoms with Gasteiger partial charge in [0.2, 0.25) is 0 Å². The van der Waals surface area contributed by atoms with Crippen molar-refractivity contribution in [3.8, 4) is 0 Å². The number of carbonyl (C=O) groups excluding carboxylic acids is 2. The Morgan fingerprint density at radius 2 is 2.00 bits per heavy atom. The molecule has 1 amide bonds. The minimum Gasteiger partial charge on any atom is -0.453 e.